The summed E-state index contributed by atoms with van der Waals surface area (Å²) in [7, 11) is 0.595. The van der Waals surface area contributed by atoms with Crippen molar-refractivity contribution in [2.24, 2.45) is 0 Å². The van der Waals surface area contributed by atoms with Crippen molar-refractivity contribution in [3.05, 3.63) is 77.0 Å². The zero-order chi connectivity index (χ0) is 29.7. The van der Waals surface area contributed by atoms with Crippen LogP contribution in [0.2, 0.25) is 5.02 Å². The van der Waals surface area contributed by atoms with Crippen LogP contribution in [0.1, 0.15) is 11.1 Å². The third-order valence-corrected chi connectivity index (χ3v) is 6.86. The SMILES string of the molecule is COc1cc(NC(=O)/C=C/CN(C)C)ccc1Oc1ncc(C)cc1NS(=O)(=O)c1ccc(Cl)c(C(F)(F)F)c1. The van der Waals surface area contributed by atoms with E-state index in [1.807, 2.05) is 19.0 Å². The summed E-state index contributed by atoms with van der Waals surface area (Å²) in [5.74, 6) is -0.226. The number of benzene rings is 2. The molecule has 1 amide bonds. The summed E-state index contributed by atoms with van der Waals surface area (Å²) in [6, 6.07) is 8.18. The van der Waals surface area contributed by atoms with Gasteiger partial charge in [-0.25, -0.2) is 13.4 Å². The maximum atomic E-state index is 13.3. The van der Waals surface area contributed by atoms with E-state index in [0.717, 1.165) is 12.1 Å². The lowest BCUT2D eigenvalue weighted by molar-refractivity contribution is -0.137. The first kappa shape index (κ1) is 30.7. The van der Waals surface area contributed by atoms with Gasteiger partial charge in [-0.1, -0.05) is 17.7 Å². The van der Waals surface area contributed by atoms with Crippen LogP contribution in [0.3, 0.4) is 0 Å². The maximum Gasteiger partial charge on any atom is 0.417 e. The summed E-state index contributed by atoms with van der Waals surface area (Å²) in [6.45, 7) is 2.23. The second kappa shape index (κ2) is 12.6. The van der Waals surface area contributed by atoms with Crippen LogP contribution in [0, 0.1) is 6.92 Å². The van der Waals surface area contributed by atoms with Crippen molar-refractivity contribution in [1.82, 2.24) is 9.88 Å². The van der Waals surface area contributed by atoms with Gasteiger partial charge >= 0.3 is 6.18 Å². The van der Waals surface area contributed by atoms with E-state index in [0.29, 0.717) is 23.9 Å². The van der Waals surface area contributed by atoms with Gasteiger partial charge in [0.2, 0.25) is 11.8 Å². The lowest BCUT2D eigenvalue weighted by Gasteiger charge is -2.16. The number of rotatable bonds is 10. The lowest BCUT2D eigenvalue weighted by atomic mass is 10.2. The molecule has 0 spiro atoms. The molecule has 214 valence electrons. The number of ether oxygens (including phenoxy) is 2. The highest BCUT2D eigenvalue weighted by molar-refractivity contribution is 7.92. The monoisotopic (exact) mass is 598 g/mol. The molecular formula is C26H26ClF3N4O5S. The molecule has 9 nitrogen and oxygen atoms in total. The molecule has 0 aliphatic heterocycles. The summed E-state index contributed by atoms with van der Waals surface area (Å²) in [5.41, 5.74) is -0.468. The molecule has 0 saturated carbocycles. The number of anilines is 2. The minimum absolute atomic E-state index is 0.131. The van der Waals surface area contributed by atoms with Crippen molar-refractivity contribution < 1.29 is 35.9 Å². The molecule has 3 rings (SSSR count). The van der Waals surface area contributed by atoms with Crippen molar-refractivity contribution in [2.45, 2.75) is 18.0 Å². The number of nitrogens with one attached hydrogen (secondary N) is 2. The topological polar surface area (TPSA) is 110 Å². The Morgan fingerprint density at radius 3 is 2.50 bits per heavy atom. The van der Waals surface area contributed by atoms with Gasteiger partial charge in [0.25, 0.3) is 10.0 Å². The van der Waals surface area contributed by atoms with Gasteiger partial charge in [0, 0.05) is 30.6 Å². The van der Waals surface area contributed by atoms with Crippen molar-refractivity contribution in [3.63, 3.8) is 0 Å². The Morgan fingerprint density at radius 1 is 1.12 bits per heavy atom. The second-order valence-corrected chi connectivity index (χ2v) is 10.8. The van der Waals surface area contributed by atoms with Crippen LogP contribution in [-0.2, 0) is 21.0 Å². The predicted molar refractivity (Wildman–Crippen MR) is 146 cm³/mol. The maximum absolute atomic E-state index is 13.3. The van der Waals surface area contributed by atoms with Gasteiger partial charge < -0.3 is 19.7 Å². The number of carbonyl (C=O) groups excluding carboxylic acids is 1. The summed E-state index contributed by atoms with van der Waals surface area (Å²) in [4.78, 5) is 17.5. The number of carbonyl (C=O) groups is 1. The van der Waals surface area contributed by atoms with E-state index in [1.165, 1.54) is 37.6 Å². The van der Waals surface area contributed by atoms with E-state index < -0.39 is 31.7 Å². The molecule has 0 radical (unpaired) electrons. The van der Waals surface area contributed by atoms with Crippen molar-refractivity contribution in [3.8, 4) is 17.4 Å². The average Bonchev–Trinajstić information content (AvgIpc) is 2.85. The minimum atomic E-state index is -4.85. The molecule has 14 heteroatoms. The van der Waals surface area contributed by atoms with E-state index in [-0.39, 0.29) is 29.0 Å². The van der Waals surface area contributed by atoms with Crippen molar-refractivity contribution >= 4 is 38.9 Å². The Hall–Kier alpha value is -3.81. The highest BCUT2D eigenvalue weighted by Gasteiger charge is 2.34. The molecule has 0 aliphatic carbocycles. The summed E-state index contributed by atoms with van der Waals surface area (Å²) in [5, 5.41) is 2.06. The van der Waals surface area contributed by atoms with Crippen LogP contribution in [-0.4, -0.2) is 52.0 Å². The fraction of sp³-hybridized carbons (Fsp3) is 0.231. The van der Waals surface area contributed by atoms with Crippen molar-refractivity contribution in [1.29, 1.82) is 0 Å². The standard InChI is InChI=1S/C26H26ClF3N4O5S/c1-16-12-21(33-40(36,37)18-8-9-20(27)19(14-18)26(28,29)30)25(31-15-16)39-22-10-7-17(13-23(22)38-4)32-24(35)6-5-11-34(2)3/h5-10,12-15,33H,11H2,1-4H3,(H,32,35)/b6-5+. The van der Waals surface area contributed by atoms with E-state index in [9.17, 15) is 26.4 Å². The van der Waals surface area contributed by atoms with Crippen LogP contribution >= 0.6 is 11.6 Å². The molecule has 0 saturated heterocycles. The largest absolute Gasteiger partial charge is 0.493 e. The molecule has 0 fully saturated rings. The molecule has 1 heterocycles. The van der Waals surface area contributed by atoms with Gasteiger partial charge in [0.05, 0.1) is 22.6 Å². The van der Waals surface area contributed by atoms with Gasteiger partial charge in [-0.05, 0) is 63.0 Å². The number of pyridine rings is 1. The first-order chi connectivity index (χ1) is 18.7. The third-order valence-electron chi connectivity index (χ3n) is 5.16. The second-order valence-electron chi connectivity index (χ2n) is 8.73. The average molecular weight is 599 g/mol. The number of aryl methyl sites for hydroxylation is 1. The molecule has 0 unspecified atom stereocenters. The quantitative estimate of drug-likeness (QED) is 0.287. The zero-order valence-corrected chi connectivity index (χ0v) is 23.4. The Bertz CT molecular complexity index is 1530. The number of likely N-dealkylation sites (N-methyl/N-ethyl adjacent to an activating group) is 1. The smallest absolute Gasteiger partial charge is 0.417 e. The number of hydrogen-bond acceptors (Lipinski definition) is 7. The van der Waals surface area contributed by atoms with Gasteiger partial charge in [0.15, 0.2) is 11.5 Å². The van der Waals surface area contributed by atoms with Crippen LogP contribution in [0.15, 0.2) is 65.7 Å². The van der Waals surface area contributed by atoms with Gasteiger partial charge in [-0.2, -0.15) is 13.2 Å². The number of halogens is 4. The van der Waals surface area contributed by atoms with Crippen molar-refractivity contribution in [2.75, 3.05) is 37.8 Å². The van der Waals surface area contributed by atoms with E-state index in [1.54, 1.807) is 19.1 Å². The molecule has 2 N–H and O–H groups in total. The van der Waals surface area contributed by atoms with Gasteiger partial charge in [-0.3, -0.25) is 9.52 Å². The van der Waals surface area contributed by atoms with Crippen LogP contribution in [0.4, 0.5) is 24.5 Å². The zero-order valence-electron chi connectivity index (χ0n) is 21.8. The number of sulfonamides is 1. The molecule has 1 aromatic heterocycles. The third kappa shape index (κ3) is 8.10. The van der Waals surface area contributed by atoms with E-state index in [4.69, 9.17) is 21.1 Å². The van der Waals surface area contributed by atoms with Crippen LogP contribution in [0.25, 0.3) is 0 Å². The molecular weight excluding hydrogens is 573 g/mol. The number of nitrogens with zero attached hydrogens (tertiary/aromatic N) is 2. The number of hydrogen-bond donors (Lipinski definition) is 2. The Kier molecular flexibility index (Phi) is 9.66. The number of alkyl halides is 3. The summed E-state index contributed by atoms with van der Waals surface area (Å²) in [6.07, 6.45) is -0.349. The number of methoxy groups -OCH3 is 1. The highest BCUT2D eigenvalue weighted by Crippen LogP contribution is 2.38. The van der Waals surface area contributed by atoms with E-state index in [2.05, 4.69) is 15.0 Å². The fourth-order valence-electron chi connectivity index (χ4n) is 3.29. The van der Waals surface area contributed by atoms with E-state index >= 15 is 0 Å². The Labute approximate surface area is 234 Å². The lowest BCUT2D eigenvalue weighted by Crippen LogP contribution is -2.16. The first-order valence-corrected chi connectivity index (χ1v) is 13.4. The molecule has 0 atom stereocenters. The molecule has 2 aromatic carbocycles. The fourth-order valence-corrected chi connectivity index (χ4v) is 4.59. The van der Waals surface area contributed by atoms with Gasteiger partial charge in [-0.15, -0.1) is 0 Å². The molecule has 0 bridgehead atoms. The van der Waals surface area contributed by atoms with Crippen LogP contribution in [0.5, 0.6) is 17.4 Å². The summed E-state index contributed by atoms with van der Waals surface area (Å²) >= 11 is 5.62. The Morgan fingerprint density at radius 2 is 1.85 bits per heavy atom. The molecule has 0 aliphatic rings. The van der Waals surface area contributed by atoms with Crippen LogP contribution < -0.4 is 19.5 Å². The summed E-state index contributed by atoms with van der Waals surface area (Å²) < 4.78 is 79.3. The molecule has 3 aromatic rings. The normalized spacial score (nSPS) is 12.0. The minimum Gasteiger partial charge on any atom is -0.493 e. The molecule has 40 heavy (non-hydrogen) atoms. The number of aromatic nitrogens is 1. The Balaban J connectivity index is 1.88. The highest BCUT2D eigenvalue weighted by atomic mass is 35.5. The number of amides is 1. The van der Waals surface area contributed by atoms with Gasteiger partial charge in [0.1, 0.15) is 5.69 Å². The first-order valence-electron chi connectivity index (χ1n) is 11.5. The predicted octanol–water partition coefficient (Wildman–Crippen LogP) is 5.72.